The maximum atomic E-state index is 12.4. The molecule has 0 bridgehead atoms. The molecule has 2 aromatic carbocycles. The Morgan fingerprint density at radius 2 is 1.67 bits per heavy atom. The minimum Gasteiger partial charge on any atom is -0.493 e. The average Bonchev–Trinajstić information content (AvgIpc) is 2.89. The lowest BCUT2D eigenvalue weighted by Crippen LogP contribution is -1.99. The van der Waals surface area contributed by atoms with Crippen molar-refractivity contribution in [1.29, 1.82) is 0 Å². The Kier molecular flexibility index (Phi) is 4.36. The van der Waals surface area contributed by atoms with Crippen LogP contribution >= 0.6 is 11.6 Å². The van der Waals surface area contributed by atoms with Crippen LogP contribution in [0.25, 0.3) is 6.08 Å². The first-order valence-corrected chi connectivity index (χ1v) is 7.49. The summed E-state index contributed by atoms with van der Waals surface area (Å²) in [6.45, 7) is 0. The predicted octanol–water partition coefficient (Wildman–Crippen LogP) is 3.98. The molecule has 0 spiro atoms. The van der Waals surface area contributed by atoms with Crippen LogP contribution in [0.3, 0.4) is 0 Å². The lowest BCUT2D eigenvalue weighted by Gasteiger charge is -2.13. The van der Waals surface area contributed by atoms with Crippen LogP contribution in [0.5, 0.6) is 23.0 Å². The lowest BCUT2D eigenvalue weighted by atomic mass is 10.1. The number of hydrogen-bond donors (Lipinski definition) is 0. The van der Waals surface area contributed by atoms with Crippen molar-refractivity contribution in [3.63, 3.8) is 0 Å². The molecule has 2 aromatic rings. The Bertz CT molecular complexity index is 816. The van der Waals surface area contributed by atoms with Gasteiger partial charge in [-0.1, -0.05) is 11.6 Å². The van der Waals surface area contributed by atoms with Crippen molar-refractivity contribution in [3.8, 4) is 23.0 Å². The fourth-order valence-corrected chi connectivity index (χ4v) is 2.67. The summed E-state index contributed by atoms with van der Waals surface area (Å²) in [6, 6.07) is 8.42. The zero-order valence-corrected chi connectivity index (χ0v) is 14.1. The standard InChI is InChI=1S/C18H15ClO5/c1-21-15-7-10(8-16(22-2)18(15)23-3)6-14-17(20)12-9-11(19)4-5-13(12)24-14/h4-9H,1-3H3/b14-6-. The first-order chi connectivity index (χ1) is 11.6. The third-order valence-electron chi connectivity index (χ3n) is 3.61. The highest BCUT2D eigenvalue weighted by molar-refractivity contribution is 6.31. The highest BCUT2D eigenvalue weighted by Gasteiger charge is 2.27. The molecule has 0 saturated heterocycles. The molecule has 0 aromatic heterocycles. The highest BCUT2D eigenvalue weighted by Crippen LogP contribution is 2.40. The van der Waals surface area contributed by atoms with E-state index in [2.05, 4.69) is 0 Å². The number of carbonyl (C=O) groups is 1. The number of ketones is 1. The van der Waals surface area contributed by atoms with E-state index in [1.54, 1.807) is 36.4 Å². The number of halogens is 1. The van der Waals surface area contributed by atoms with Gasteiger partial charge in [-0.15, -0.1) is 0 Å². The minimum absolute atomic E-state index is 0.210. The monoisotopic (exact) mass is 346 g/mol. The maximum Gasteiger partial charge on any atom is 0.232 e. The second-order valence-electron chi connectivity index (χ2n) is 5.04. The Hall–Kier alpha value is -2.66. The van der Waals surface area contributed by atoms with E-state index in [1.165, 1.54) is 21.3 Å². The second-order valence-corrected chi connectivity index (χ2v) is 5.48. The van der Waals surface area contributed by atoms with Gasteiger partial charge >= 0.3 is 0 Å². The molecule has 124 valence electrons. The largest absolute Gasteiger partial charge is 0.493 e. The van der Waals surface area contributed by atoms with Crippen LogP contribution in [0.4, 0.5) is 0 Å². The van der Waals surface area contributed by atoms with Gasteiger partial charge in [-0.05, 0) is 42.0 Å². The normalized spacial score (nSPS) is 14.3. The van der Waals surface area contributed by atoms with E-state index in [9.17, 15) is 4.79 Å². The van der Waals surface area contributed by atoms with Gasteiger partial charge in [0, 0.05) is 5.02 Å². The number of benzene rings is 2. The average molecular weight is 347 g/mol. The molecule has 0 saturated carbocycles. The smallest absolute Gasteiger partial charge is 0.232 e. The van der Waals surface area contributed by atoms with Crippen molar-refractivity contribution in [2.24, 2.45) is 0 Å². The van der Waals surface area contributed by atoms with Crippen molar-refractivity contribution >= 4 is 23.5 Å². The summed E-state index contributed by atoms with van der Waals surface area (Å²) in [5, 5.41) is 0.486. The van der Waals surface area contributed by atoms with Crippen molar-refractivity contribution < 1.29 is 23.7 Å². The van der Waals surface area contributed by atoms with E-state index in [0.29, 0.717) is 39.1 Å². The summed E-state index contributed by atoms with van der Waals surface area (Å²) >= 11 is 5.93. The van der Waals surface area contributed by atoms with Gasteiger partial charge in [-0.2, -0.15) is 0 Å². The van der Waals surface area contributed by atoms with Gasteiger partial charge in [-0.25, -0.2) is 0 Å². The van der Waals surface area contributed by atoms with E-state index in [1.807, 2.05) is 0 Å². The van der Waals surface area contributed by atoms with Crippen LogP contribution < -0.4 is 18.9 Å². The van der Waals surface area contributed by atoms with E-state index in [-0.39, 0.29) is 11.5 Å². The molecule has 0 unspecified atom stereocenters. The summed E-state index contributed by atoms with van der Waals surface area (Å²) in [7, 11) is 4.59. The van der Waals surface area contributed by atoms with Gasteiger partial charge < -0.3 is 18.9 Å². The molecule has 0 radical (unpaired) electrons. The van der Waals surface area contributed by atoms with Crippen molar-refractivity contribution in [2.75, 3.05) is 21.3 Å². The molecular weight excluding hydrogens is 332 g/mol. The molecule has 24 heavy (non-hydrogen) atoms. The van der Waals surface area contributed by atoms with Crippen LogP contribution in [0.15, 0.2) is 36.1 Å². The molecule has 0 fully saturated rings. The van der Waals surface area contributed by atoms with Gasteiger partial charge in [0.2, 0.25) is 11.5 Å². The number of allylic oxidation sites excluding steroid dienone is 1. The molecule has 0 N–H and O–H groups in total. The fraction of sp³-hybridized carbons (Fsp3) is 0.167. The van der Waals surface area contributed by atoms with Gasteiger partial charge in [0.05, 0.1) is 26.9 Å². The predicted molar refractivity (Wildman–Crippen MR) is 90.5 cm³/mol. The van der Waals surface area contributed by atoms with E-state index >= 15 is 0 Å². The van der Waals surface area contributed by atoms with E-state index in [0.717, 1.165) is 0 Å². The Labute approximate surface area is 144 Å². The first kappa shape index (κ1) is 16.2. The molecule has 1 aliphatic heterocycles. The summed E-state index contributed by atoms with van der Waals surface area (Å²) in [6.07, 6.45) is 1.63. The molecule has 0 atom stereocenters. The highest BCUT2D eigenvalue weighted by atomic mass is 35.5. The molecule has 1 heterocycles. The zero-order valence-electron chi connectivity index (χ0n) is 13.4. The fourth-order valence-electron chi connectivity index (χ4n) is 2.50. The SMILES string of the molecule is COc1cc(/C=C2\Oc3ccc(Cl)cc3C2=O)cc(OC)c1OC. The van der Waals surface area contributed by atoms with Crippen LogP contribution in [0.2, 0.25) is 5.02 Å². The number of methoxy groups -OCH3 is 3. The van der Waals surface area contributed by atoms with Crippen molar-refractivity contribution in [1.82, 2.24) is 0 Å². The third-order valence-corrected chi connectivity index (χ3v) is 3.85. The lowest BCUT2D eigenvalue weighted by molar-refractivity contribution is 0.101. The quantitative estimate of drug-likeness (QED) is 0.784. The van der Waals surface area contributed by atoms with Gasteiger partial charge in [0.1, 0.15) is 5.75 Å². The minimum atomic E-state index is -0.221. The Morgan fingerprint density at radius 3 is 2.25 bits per heavy atom. The van der Waals surface area contributed by atoms with Gasteiger partial charge in [-0.3, -0.25) is 4.79 Å². The number of Topliss-reactive ketones (excluding diaryl/α,β-unsaturated/α-hetero) is 1. The molecule has 1 aliphatic rings. The van der Waals surface area contributed by atoms with E-state index < -0.39 is 0 Å². The topological polar surface area (TPSA) is 54.0 Å². The zero-order chi connectivity index (χ0) is 17.3. The number of fused-ring (bicyclic) bond motifs is 1. The van der Waals surface area contributed by atoms with Crippen LogP contribution in [0.1, 0.15) is 15.9 Å². The molecule has 6 heteroatoms. The van der Waals surface area contributed by atoms with Gasteiger partial charge in [0.15, 0.2) is 17.3 Å². The van der Waals surface area contributed by atoms with Crippen LogP contribution in [-0.2, 0) is 0 Å². The second kappa shape index (κ2) is 6.45. The van der Waals surface area contributed by atoms with Crippen LogP contribution in [-0.4, -0.2) is 27.1 Å². The first-order valence-electron chi connectivity index (χ1n) is 7.11. The third kappa shape index (κ3) is 2.78. The van der Waals surface area contributed by atoms with Crippen molar-refractivity contribution in [2.45, 2.75) is 0 Å². The summed E-state index contributed by atoms with van der Waals surface area (Å²) in [5.74, 6) is 1.95. The van der Waals surface area contributed by atoms with Gasteiger partial charge in [0.25, 0.3) is 0 Å². The van der Waals surface area contributed by atoms with Crippen LogP contribution in [0, 0.1) is 0 Å². The summed E-state index contributed by atoms with van der Waals surface area (Å²) in [4.78, 5) is 12.4. The number of hydrogen-bond acceptors (Lipinski definition) is 5. The Morgan fingerprint density at radius 1 is 1.00 bits per heavy atom. The van der Waals surface area contributed by atoms with E-state index in [4.69, 9.17) is 30.5 Å². The Balaban J connectivity index is 2.02. The number of ether oxygens (including phenoxy) is 4. The summed E-state index contributed by atoms with van der Waals surface area (Å²) < 4.78 is 21.5. The summed E-state index contributed by atoms with van der Waals surface area (Å²) in [5.41, 5.74) is 1.13. The molecule has 3 rings (SSSR count). The molecule has 5 nitrogen and oxygen atoms in total. The molecule has 0 amide bonds. The molecular formula is C18H15ClO5. The number of rotatable bonds is 4. The number of carbonyl (C=O) groups excluding carboxylic acids is 1. The van der Waals surface area contributed by atoms with Crippen molar-refractivity contribution in [3.05, 3.63) is 52.2 Å². The maximum absolute atomic E-state index is 12.4. The molecule has 0 aliphatic carbocycles.